The molecular formula is C10H22OS. The van der Waals surface area contributed by atoms with Crippen LogP contribution in [0, 0.1) is 5.92 Å². The van der Waals surface area contributed by atoms with Gasteiger partial charge in [-0.05, 0) is 37.4 Å². The van der Waals surface area contributed by atoms with Crippen LogP contribution in [0.5, 0.6) is 0 Å². The van der Waals surface area contributed by atoms with Gasteiger partial charge < -0.3 is 4.74 Å². The third-order valence-electron chi connectivity index (χ3n) is 1.77. The van der Waals surface area contributed by atoms with Gasteiger partial charge in [-0.1, -0.05) is 13.8 Å². The highest BCUT2D eigenvalue weighted by Gasteiger charge is 1.93. The van der Waals surface area contributed by atoms with Crippen molar-refractivity contribution in [2.75, 3.05) is 19.0 Å². The SMILES string of the molecule is CC(C)CCCOCCCCS. The fraction of sp³-hybridized carbons (Fsp3) is 1.00. The van der Waals surface area contributed by atoms with Gasteiger partial charge in [-0.15, -0.1) is 0 Å². The van der Waals surface area contributed by atoms with E-state index in [0.29, 0.717) is 0 Å². The zero-order chi connectivity index (χ0) is 9.23. The number of unbranched alkanes of at least 4 members (excludes halogenated alkanes) is 1. The number of hydrogen-bond acceptors (Lipinski definition) is 2. The van der Waals surface area contributed by atoms with Crippen molar-refractivity contribution in [3.63, 3.8) is 0 Å². The Morgan fingerprint density at radius 3 is 2.33 bits per heavy atom. The molecule has 0 radical (unpaired) electrons. The fourth-order valence-electron chi connectivity index (χ4n) is 1.01. The maximum atomic E-state index is 5.45. The second kappa shape index (κ2) is 9.40. The monoisotopic (exact) mass is 190 g/mol. The lowest BCUT2D eigenvalue weighted by Crippen LogP contribution is -1.99. The van der Waals surface area contributed by atoms with Crippen molar-refractivity contribution in [1.29, 1.82) is 0 Å². The van der Waals surface area contributed by atoms with E-state index in [9.17, 15) is 0 Å². The summed E-state index contributed by atoms with van der Waals surface area (Å²) in [5.74, 6) is 1.79. The van der Waals surface area contributed by atoms with E-state index in [4.69, 9.17) is 4.74 Å². The molecule has 0 fully saturated rings. The number of hydrogen-bond donors (Lipinski definition) is 1. The Hall–Kier alpha value is 0.310. The molecule has 0 aliphatic carbocycles. The molecule has 0 atom stereocenters. The van der Waals surface area contributed by atoms with Crippen LogP contribution in [-0.2, 0) is 4.74 Å². The summed E-state index contributed by atoms with van der Waals surface area (Å²) in [5.41, 5.74) is 0. The average molecular weight is 190 g/mol. The topological polar surface area (TPSA) is 9.23 Å². The Balaban J connectivity index is 2.82. The maximum absolute atomic E-state index is 5.45. The van der Waals surface area contributed by atoms with E-state index in [1.54, 1.807) is 0 Å². The third kappa shape index (κ3) is 10.3. The molecule has 0 unspecified atom stereocenters. The second-order valence-corrected chi connectivity index (χ2v) is 4.03. The predicted molar refractivity (Wildman–Crippen MR) is 58.0 cm³/mol. The Bertz CT molecular complexity index is 83.9. The molecule has 1 nitrogen and oxygen atoms in total. The van der Waals surface area contributed by atoms with Gasteiger partial charge in [0.15, 0.2) is 0 Å². The van der Waals surface area contributed by atoms with E-state index in [1.165, 1.54) is 19.3 Å². The van der Waals surface area contributed by atoms with Gasteiger partial charge in [0, 0.05) is 13.2 Å². The minimum Gasteiger partial charge on any atom is -0.381 e. The lowest BCUT2D eigenvalue weighted by atomic mass is 10.1. The summed E-state index contributed by atoms with van der Waals surface area (Å²) in [6.07, 6.45) is 4.82. The fourth-order valence-corrected chi connectivity index (χ4v) is 1.24. The summed E-state index contributed by atoms with van der Waals surface area (Å²) >= 11 is 4.14. The summed E-state index contributed by atoms with van der Waals surface area (Å²) in [6, 6.07) is 0. The van der Waals surface area contributed by atoms with Crippen molar-refractivity contribution in [2.24, 2.45) is 5.92 Å². The summed E-state index contributed by atoms with van der Waals surface area (Å²) in [6.45, 7) is 6.35. The number of ether oxygens (including phenoxy) is 1. The van der Waals surface area contributed by atoms with Crippen LogP contribution < -0.4 is 0 Å². The highest BCUT2D eigenvalue weighted by atomic mass is 32.1. The van der Waals surface area contributed by atoms with E-state index in [1.807, 2.05) is 0 Å². The molecule has 0 aromatic heterocycles. The Kier molecular flexibility index (Phi) is 9.64. The van der Waals surface area contributed by atoms with Gasteiger partial charge in [-0.25, -0.2) is 0 Å². The normalized spacial score (nSPS) is 11.0. The van der Waals surface area contributed by atoms with Crippen molar-refractivity contribution < 1.29 is 4.74 Å². The first kappa shape index (κ1) is 12.3. The number of rotatable bonds is 8. The van der Waals surface area contributed by atoms with Crippen LogP contribution in [0.4, 0.5) is 0 Å². The van der Waals surface area contributed by atoms with Crippen LogP contribution in [0.15, 0.2) is 0 Å². The van der Waals surface area contributed by atoms with Crippen LogP contribution >= 0.6 is 12.6 Å². The lowest BCUT2D eigenvalue weighted by molar-refractivity contribution is 0.125. The molecule has 0 aliphatic heterocycles. The molecule has 12 heavy (non-hydrogen) atoms. The van der Waals surface area contributed by atoms with E-state index < -0.39 is 0 Å². The summed E-state index contributed by atoms with van der Waals surface area (Å²) in [5, 5.41) is 0. The van der Waals surface area contributed by atoms with E-state index in [0.717, 1.165) is 31.3 Å². The highest BCUT2D eigenvalue weighted by molar-refractivity contribution is 7.80. The molecule has 0 bridgehead atoms. The molecule has 0 aliphatic rings. The molecule has 2 heteroatoms. The molecule has 0 saturated carbocycles. The van der Waals surface area contributed by atoms with Crippen molar-refractivity contribution >= 4 is 12.6 Å². The second-order valence-electron chi connectivity index (χ2n) is 3.58. The quantitative estimate of drug-likeness (QED) is 0.457. The molecule has 0 amide bonds. The standard InChI is InChI=1S/C10H22OS/c1-10(2)6-5-8-11-7-3-4-9-12/h10,12H,3-9H2,1-2H3. The first-order valence-corrected chi connectivity index (χ1v) is 5.59. The molecule has 0 heterocycles. The smallest absolute Gasteiger partial charge is 0.0466 e. The van der Waals surface area contributed by atoms with Crippen LogP contribution in [0.25, 0.3) is 0 Å². The summed E-state index contributed by atoms with van der Waals surface area (Å²) in [4.78, 5) is 0. The van der Waals surface area contributed by atoms with Crippen molar-refractivity contribution in [3.05, 3.63) is 0 Å². The zero-order valence-corrected chi connectivity index (χ0v) is 9.28. The molecular weight excluding hydrogens is 168 g/mol. The largest absolute Gasteiger partial charge is 0.381 e. The maximum Gasteiger partial charge on any atom is 0.0466 e. The van der Waals surface area contributed by atoms with E-state index in [-0.39, 0.29) is 0 Å². The van der Waals surface area contributed by atoms with Crippen LogP contribution in [0.1, 0.15) is 39.5 Å². The highest BCUT2D eigenvalue weighted by Crippen LogP contribution is 2.03. The Labute approximate surface area is 82.3 Å². The van der Waals surface area contributed by atoms with Gasteiger partial charge >= 0.3 is 0 Å². The van der Waals surface area contributed by atoms with E-state index >= 15 is 0 Å². The average Bonchev–Trinajstić information content (AvgIpc) is 2.02. The summed E-state index contributed by atoms with van der Waals surface area (Å²) < 4.78 is 5.45. The van der Waals surface area contributed by atoms with Gasteiger partial charge in [0.1, 0.15) is 0 Å². The van der Waals surface area contributed by atoms with Crippen molar-refractivity contribution in [1.82, 2.24) is 0 Å². The first-order chi connectivity index (χ1) is 5.77. The predicted octanol–water partition coefficient (Wildman–Crippen LogP) is 3.15. The van der Waals surface area contributed by atoms with Crippen LogP contribution in [0.3, 0.4) is 0 Å². The van der Waals surface area contributed by atoms with Crippen LogP contribution in [0.2, 0.25) is 0 Å². The van der Waals surface area contributed by atoms with Gasteiger partial charge in [0.05, 0.1) is 0 Å². The molecule has 0 aromatic rings. The molecule has 0 rings (SSSR count). The van der Waals surface area contributed by atoms with Gasteiger partial charge in [-0.2, -0.15) is 12.6 Å². The Morgan fingerprint density at radius 1 is 1.08 bits per heavy atom. The lowest BCUT2D eigenvalue weighted by Gasteiger charge is -2.05. The first-order valence-electron chi connectivity index (χ1n) is 4.96. The molecule has 0 aromatic carbocycles. The van der Waals surface area contributed by atoms with Crippen molar-refractivity contribution in [3.8, 4) is 0 Å². The molecule has 0 saturated heterocycles. The van der Waals surface area contributed by atoms with Gasteiger partial charge in [-0.3, -0.25) is 0 Å². The minimum atomic E-state index is 0.811. The molecule has 0 N–H and O–H groups in total. The molecule has 74 valence electrons. The molecule has 0 spiro atoms. The number of thiol groups is 1. The zero-order valence-electron chi connectivity index (χ0n) is 8.38. The minimum absolute atomic E-state index is 0.811. The van der Waals surface area contributed by atoms with E-state index in [2.05, 4.69) is 26.5 Å². The van der Waals surface area contributed by atoms with Crippen molar-refractivity contribution in [2.45, 2.75) is 39.5 Å². The Morgan fingerprint density at radius 2 is 1.75 bits per heavy atom. The third-order valence-corrected chi connectivity index (χ3v) is 2.08. The van der Waals surface area contributed by atoms with Gasteiger partial charge in [0.25, 0.3) is 0 Å². The van der Waals surface area contributed by atoms with Gasteiger partial charge in [0.2, 0.25) is 0 Å². The van der Waals surface area contributed by atoms with Crippen LogP contribution in [-0.4, -0.2) is 19.0 Å². The summed E-state index contributed by atoms with van der Waals surface area (Å²) in [7, 11) is 0.